The fourth-order valence-electron chi connectivity index (χ4n) is 1.74. The summed E-state index contributed by atoms with van der Waals surface area (Å²) >= 11 is 0. The van der Waals surface area contributed by atoms with E-state index in [1.807, 2.05) is 0 Å². The summed E-state index contributed by atoms with van der Waals surface area (Å²) in [7, 11) is 0. The Kier molecular flexibility index (Phi) is 4.87. The lowest BCUT2D eigenvalue weighted by atomic mass is 9.94. The topological polar surface area (TPSA) is 52.6 Å². The maximum absolute atomic E-state index is 12.0. The van der Waals surface area contributed by atoms with Gasteiger partial charge in [-0.2, -0.15) is 26.3 Å². The number of carbonyl (C=O) groups excluding carboxylic acids is 2. The molecule has 1 rings (SSSR count). The molecule has 0 amide bonds. The van der Waals surface area contributed by atoms with Crippen LogP contribution in [0.2, 0.25) is 0 Å². The van der Waals surface area contributed by atoms with Gasteiger partial charge in [0.25, 0.3) is 0 Å². The first-order valence-electron chi connectivity index (χ1n) is 5.57. The zero-order valence-corrected chi connectivity index (χ0v) is 9.88. The lowest BCUT2D eigenvalue weighted by Crippen LogP contribution is -2.42. The lowest BCUT2D eigenvalue weighted by Gasteiger charge is -2.30. The van der Waals surface area contributed by atoms with Crippen LogP contribution in [0.5, 0.6) is 0 Å². The molecule has 116 valence electrons. The summed E-state index contributed by atoms with van der Waals surface area (Å²) in [6.07, 6.45) is -13.0. The summed E-state index contributed by atoms with van der Waals surface area (Å²) in [6, 6.07) is 0. The Bertz CT molecular complexity index is 339. The Hall–Kier alpha value is -1.48. The number of alkyl halides is 6. The minimum Gasteiger partial charge on any atom is -0.452 e. The second kappa shape index (κ2) is 5.88. The van der Waals surface area contributed by atoms with E-state index in [1.54, 1.807) is 0 Å². The molecule has 0 saturated heterocycles. The molecule has 10 heteroatoms. The molecule has 0 radical (unpaired) electrons. The Balaban J connectivity index is 2.68. The molecule has 0 aromatic heterocycles. The van der Waals surface area contributed by atoms with E-state index in [0.717, 1.165) is 0 Å². The van der Waals surface area contributed by atoms with Crippen LogP contribution in [0.15, 0.2) is 0 Å². The van der Waals surface area contributed by atoms with E-state index in [4.69, 9.17) is 0 Å². The van der Waals surface area contributed by atoms with E-state index in [9.17, 15) is 35.9 Å². The first kappa shape index (κ1) is 16.6. The van der Waals surface area contributed by atoms with Crippen molar-refractivity contribution < 1.29 is 45.4 Å². The molecular weight excluding hydrogens is 298 g/mol. The molecule has 0 bridgehead atoms. The number of halogens is 6. The van der Waals surface area contributed by atoms with E-state index in [1.165, 1.54) is 0 Å². The predicted octanol–water partition coefficient (Wildman–Crippen LogP) is 2.51. The molecule has 0 aliphatic heterocycles. The Morgan fingerprint density at radius 2 is 1.05 bits per heavy atom. The molecule has 0 spiro atoms. The highest BCUT2D eigenvalue weighted by atomic mass is 19.4. The SMILES string of the molecule is O=C(O[C@@H]1CCCC[C@H]1OC(=O)C(F)(F)F)C(F)(F)F. The number of esters is 2. The van der Waals surface area contributed by atoms with Crippen molar-refractivity contribution in [2.24, 2.45) is 0 Å². The average molecular weight is 308 g/mol. The van der Waals surface area contributed by atoms with Crippen molar-refractivity contribution in [3.63, 3.8) is 0 Å². The van der Waals surface area contributed by atoms with Gasteiger partial charge >= 0.3 is 24.3 Å². The maximum atomic E-state index is 12.0. The van der Waals surface area contributed by atoms with E-state index in [-0.39, 0.29) is 12.8 Å². The second-order valence-electron chi connectivity index (χ2n) is 4.17. The van der Waals surface area contributed by atoms with Crippen LogP contribution in [0.1, 0.15) is 25.7 Å². The van der Waals surface area contributed by atoms with Crippen molar-refractivity contribution in [3.8, 4) is 0 Å². The molecule has 0 aromatic carbocycles. The van der Waals surface area contributed by atoms with Crippen LogP contribution >= 0.6 is 0 Å². The van der Waals surface area contributed by atoms with E-state index < -0.39 is 36.5 Å². The van der Waals surface area contributed by atoms with Crippen LogP contribution in [0, 0.1) is 0 Å². The van der Waals surface area contributed by atoms with Crippen molar-refractivity contribution in [2.45, 2.75) is 50.2 Å². The van der Waals surface area contributed by atoms with Gasteiger partial charge in [-0.3, -0.25) is 0 Å². The predicted molar refractivity (Wildman–Crippen MR) is 50.3 cm³/mol. The quantitative estimate of drug-likeness (QED) is 0.581. The molecule has 0 heterocycles. The van der Waals surface area contributed by atoms with Gasteiger partial charge in [-0.05, 0) is 25.7 Å². The van der Waals surface area contributed by atoms with Gasteiger partial charge in [0.15, 0.2) is 0 Å². The van der Waals surface area contributed by atoms with Crippen molar-refractivity contribution in [2.75, 3.05) is 0 Å². The molecule has 20 heavy (non-hydrogen) atoms. The zero-order chi connectivity index (χ0) is 15.6. The van der Waals surface area contributed by atoms with Gasteiger partial charge in [-0.1, -0.05) is 0 Å². The highest BCUT2D eigenvalue weighted by Gasteiger charge is 2.47. The fourth-order valence-corrected chi connectivity index (χ4v) is 1.74. The van der Waals surface area contributed by atoms with Gasteiger partial charge in [0, 0.05) is 0 Å². The summed E-state index contributed by atoms with van der Waals surface area (Å²) in [6.45, 7) is 0. The number of rotatable bonds is 2. The lowest BCUT2D eigenvalue weighted by molar-refractivity contribution is -0.223. The highest BCUT2D eigenvalue weighted by Crippen LogP contribution is 2.29. The molecule has 0 aromatic rings. The molecule has 1 fully saturated rings. The number of hydrogen-bond donors (Lipinski definition) is 0. The summed E-state index contributed by atoms with van der Waals surface area (Å²) in [5, 5.41) is 0. The molecule has 0 unspecified atom stereocenters. The average Bonchev–Trinajstić information content (AvgIpc) is 2.29. The van der Waals surface area contributed by atoms with Crippen LogP contribution in [-0.2, 0) is 19.1 Å². The van der Waals surface area contributed by atoms with Crippen molar-refractivity contribution in [1.82, 2.24) is 0 Å². The number of ether oxygens (including phenoxy) is 2. The highest BCUT2D eigenvalue weighted by molar-refractivity contribution is 5.76. The summed E-state index contributed by atoms with van der Waals surface area (Å²) in [5.74, 6) is -5.03. The summed E-state index contributed by atoms with van der Waals surface area (Å²) in [5.41, 5.74) is 0. The van der Waals surface area contributed by atoms with Gasteiger partial charge in [-0.25, -0.2) is 9.59 Å². The van der Waals surface area contributed by atoms with Crippen molar-refractivity contribution in [1.29, 1.82) is 0 Å². The molecule has 0 N–H and O–H groups in total. The zero-order valence-electron chi connectivity index (χ0n) is 9.88. The number of hydrogen-bond acceptors (Lipinski definition) is 4. The first-order valence-corrected chi connectivity index (χ1v) is 5.57. The standard InChI is InChI=1S/C10H10F6O4/c11-9(12,13)7(17)19-5-3-1-2-4-6(5)20-8(18)10(14,15)16/h5-6H,1-4H2/t5-,6-/m1/s1. The monoisotopic (exact) mass is 308 g/mol. The van der Waals surface area contributed by atoms with Crippen LogP contribution in [0.4, 0.5) is 26.3 Å². The Morgan fingerprint density at radius 1 is 0.750 bits per heavy atom. The van der Waals surface area contributed by atoms with Crippen LogP contribution in [0.25, 0.3) is 0 Å². The molecule has 4 nitrogen and oxygen atoms in total. The van der Waals surface area contributed by atoms with Crippen molar-refractivity contribution in [3.05, 3.63) is 0 Å². The number of carbonyl (C=O) groups is 2. The van der Waals surface area contributed by atoms with E-state index in [2.05, 4.69) is 9.47 Å². The molecule has 1 aliphatic carbocycles. The third-order valence-electron chi connectivity index (χ3n) is 2.62. The fraction of sp³-hybridized carbons (Fsp3) is 0.800. The third-order valence-corrected chi connectivity index (χ3v) is 2.62. The normalized spacial score (nSPS) is 24.1. The van der Waals surface area contributed by atoms with Gasteiger partial charge in [0.05, 0.1) is 0 Å². The third kappa shape index (κ3) is 4.57. The minimum atomic E-state index is -5.25. The van der Waals surface area contributed by atoms with Crippen LogP contribution in [0.3, 0.4) is 0 Å². The Morgan fingerprint density at radius 3 is 1.30 bits per heavy atom. The van der Waals surface area contributed by atoms with E-state index in [0.29, 0.717) is 12.8 Å². The maximum Gasteiger partial charge on any atom is 0.490 e. The van der Waals surface area contributed by atoms with Gasteiger partial charge in [0.2, 0.25) is 0 Å². The molecule has 1 saturated carbocycles. The summed E-state index contributed by atoms with van der Waals surface area (Å²) in [4.78, 5) is 21.3. The van der Waals surface area contributed by atoms with E-state index >= 15 is 0 Å². The largest absolute Gasteiger partial charge is 0.490 e. The van der Waals surface area contributed by atoms with Crippen molar-refractivity contribution >= 4 is 11.9 Å². The molecular formula is C10H10F6O4. The molecule has 1 aliphatic rings. The van der Waals surface area contributed by atoms with Gasteiger partial charge in [0.1, 0.15) is 12.2 Å². The smallest absolute Gasteiger partial charge is 0.452 e. The van der Waals surface area contributed by atoms with Gasteiger partial charge < -0.3 is 9.47 Å². The summed E-state index contributed by atoms with van der Waals surface area (Å²) < 4.78 is 80.3. The first-order chi connectivity index (χ1) is 9.01. The van der Waals surface area contributed by atoms with Gasteiger partial charge in [-0.15, -0.1) is 0 Å². The van der Waals surface area contributed by atoms with Crippen LogP contribution in [-0.4, -0.2) is 36.5 Å². The molecule has 2 atom stereocenters. The Labute approximate surface area is 109 Å². The van der Waals surface area contributed by atoms with Crippen LogP contribution < -0.4 is 0 Å². The second-order valence-corrected chi connectivity index (χ2v) is 4.17. The minimum absolute atomic E-state index is 0.0996.